The molecule has 1 amide bonds. The molecule has 0 atom stereocenters. The van der Waals surface area contributed by atoms with Gasteiger partial charge in [0.1, 0.15) is 0 Å². The van der Waals surface area contributed by atoms with Crippen LogP contribution in [0.3, 0.4) is 0 Å². The molecular formula is C12H24N2O3. The normalized spacial score (nSPS) is 11.1. The number of ether oxygens (including phenoxy) is 1. The quantitative estimate of drug-likeness (QED) is 0.514. The second kappa shape index (κ2) is 8.06. The zero-order valence-electron chi connectivity index (χ0n) is 11.3. The molecule has 0 saturated carbocycles. The third-order valence-corrected chi connectivity index (χ3v) is 2.11. The molecule has 0 fully saturated rings. The Bertz CT molecular complexity index is 247. The summed E-state index contributed by atoms with van der Waals surface area (Å²) in [4.78, 5) is 22.2. The van der Waals surface area contributed by atoms with Crippen LogP contribution in [-0.2, 0) is 14.3 Å². The van der Waals surface area contributed by atoms with E-state index in [0.29, 0.717) is 32.4 Å². The van der Waals surface area contributed by atoms with Crippen LogP contribution >= 0.6 is 0 Å². The lowest BCUT2D eigenvalue weighted by atomic mass is 10.1. The number of rotatable bonds is 7. The lowest BCUT2D eigenvalue weighted by Gasteiger charge is -2.20. The second-order valence-electron chi connectivity index (χ2n) is 4.96. The first-order valence-electron chi connectivity index (χ1n) is 5.93. The molecule has 17 heavy (non-hydrogen) atoms. The summed E-state index contributed by atoms with van der Waals surface area (Å²) in [6.45, 7) is 7.35. The van der Waals surface area contributed by atoms with Gasteiger partial charge in [-0.1, -0.05) is 0 Å². The summed E-state index contributed by atoms with van der Waals surface area (Å²) in [5.41, 5.74) is 0.0329. The van der Waals surface area contributed by atoms with Crippen LogP contribution in [0.5, 0.6) is 0 Å². The van der Waals surface area contributed by atoms with Gasteiger partial charge >= 0.3 is 5.97 Å². The van der Waals surface area contributed by atoms with Crippen molar-refractivity contribution in [3.63, 3.8) is 0 Å². The van der Waals surface area contributed by atoms with E-state index in [4.69, 9.17) is 0 Å². The topological polar surface area (TPSA) is 67.4 Å². The van der Waals surface area contributed by atoms with Crippen molar-refractivity contribution in [2.45, 2.75) is 45.6 Å². The van der Waals surface area contributed by atoms with Crippen molar-refractivity contribution < 1.29 is 14.3 Å². The summed E-state index contributed by atoms with van der Waals surface area (Å²) in [7, 11) is 1.36. The van der Waals surface area contributed by atoms with Gasteiger partial charge in [-0.25, -0.2) is 0 Å². The minimum atomic E-state index is -0.242. The first-order chi connectivity index (χ1) is 7.85. The number of hydrogen-bond donors (Lipinski definition) is 2. The summed E-state index contributed by atoms with van der Waals surface area (Å²) < 4.78 is 4.50. The fourth-order valence-corrected chi connectivity index (χ4v) is 1.20. The maximum atomic E-state index is 11.4. The van der Waals surface area contributed by atoms with Crippen LogP contribution in [0.15, 0.2) is 0 Å². The fourth-order valence-electron chi connectivity index (χ4n) is 1.20. The SMILES string of the molecule is COC(=O)CCCNC(=O)CCNC(C)(C)C. The van der Waals surface area contributed by atoms with Crippen LogP contribution in [-0.4, -0.2) is 37.6 Å². The van der Waals surface area contributed by atoms with Crippen molar-refractivity contribution in [2.24, 2.45) is 0 Å². The Labute approximate surface area is 103 Å². The van der Waals surface area contributed by atoms with Gasteiger partial charge in [0, 0.05) is 31.5 Å². The van der Waals surface area contributed by atoms with Crippen molar-refractivity contribution >= 4 is 11.9 Å². The van der Waals surface area contributed by atoms with Crippen LogP contribution in [0.25, 0.3) is 0 Å². The van der Waals surface area contributed by atoms with E-state index in [2.05, 4.69) is 36.1 Å². The second-order valence-corrected chi connectivity index (χ2v) is 4.96. The van der Waals surface area contributed by atoms with E-state index in [1.807, 2.05) is 0 Å². The molecule has 0 radical (unpaired) electrons. The summed E-state index contributed by atoms with van der Waals surface area (Å²) in [6, 6.07) is 0. The third kappa shape index (κ3) is 11.2. The smallest absolute Gasteiger partial charge is 0.305 e. The predicted molar refractivity (Wildman–Crippen MR) is 66.6 cm³/mol. The van der Waals surface area contributed by atoms with E-state index >= 15 is 0 Å². The Kier molecular flexibility index (Phi) is 7.54. The molecule has 0 aromatic rings. The standard InChI is InChI=1S/C12H24N2O3/c1-12(2,3)14-9-7-10(15)13-8-5-6-11(16)17-4/h14H,5-9H2,1-4H3,(H,13,15). The first kappa shape index (κ1) is 15.9. The molecular weight excluding hydrogens is 220 g/mol. The molecule has 5 nitrogen and oxygen atoms in total. The molecule has 5 heteroatoms. The number of esters is 1. The van der Waals surface area contributed by atoms with Gasteiger partial charge in [-0.3, -0.25) is 9.59 Å². The summed E-state index contributed by atoms with van der Waals surface area (Å²) in [6.07, 6.45) is 1.41. The monoisotopic (exact) mass is 244 g/mol. The minimum absolute atomic E-state index is 0.00613. The average molecular weight is 244 g/mol. The van der Waals surface area contributed by atoms with Crippen LogP contribution in [0.4, 0.5) is 0 Å². The zero-order chi connectivity index (χ0) is 13.3. The fraction of sp³-hybridized carbons (Fsp3) is 0.833. The van der Waals surface area contributed by atoms with Crippen LogP contribution in [0.1, 0.15) is 40.0 Å². The van der Waals surface area contributed by atoms with Crippen LogP contribution in [0, 0.1) is 0 Å². The lowest BCUT2D eigenvalue weighted by molar-refractivity contribution is -0.140. The molecule has 2 N–H and O–H groups in total. The highest BCUT2D eigenvalue weighted by molar-refractivity contribution is 5.76. The Morgan fingerprint density at radius 1 is 1.12 bits per heavy atom. The molecule has 0 heterocycles. The van der Waals surface area contributed by atoms with Gasteiger partial charge in [0.15, 0.2) is 0 Å². The predicted octanol–water partition coefficient (Wildman–Crippen LogP) is 0.834. The molecule has 0 aromatic heterocycles. The van der Waals surface area contributed by atoms with Gasteiger partial charge in [0.25, 0.3) is 0 Å². The van der Waals surface area contributed by atoms with E-state index in [1.54, 1.807) is 0 Å². The van der Waals surface area contributed by atoms with Crippen molar-refractivity contribution in [1.82, 2.24) is 10.6 Å². The highest BCUT2D eigenvalue weighted by Crippen LogP contribution is 1.97. The van der Waals surface area contributed by atoms with Gasteiger partial charge in [0.05, 0.1) is 7.11 Å². The highest BCUT2D eigenvalue weighted by Gasteiger charge is 2.09. The van der Waals surface area contributed by atoms with Crippen LogP contribution in [0.2, 0.25) is 0 Å². The van der Waals surface area contributed by atoms with Crippen molar-refractivity contribution in [1.29, 1.82) is 0 Å². The summed E-state index contributed by atoms with van der Waals surface area (Å²) >= 11 is 0. The van der Waals surface area contributed by atoms with Gasteiger partial charge < -0.3 is 15.4 Å². The van der Waals surface area contributed by atoms with Gasteiger partial charge in [-0.2, -0.15) is 0 Å². The largest absolute Gasteiger partial charge is 0.469 e. The molecule has 0 aliphatic heterocycles. The molecule has 0 unspecified atom stereocenters. The number of carbonyl (C=O) groups excluding carboxylic acids is 2. The molecule has 0 rings (SSSR count). The van der Waals surface area contributed by atoms with E-state index in [1.165, 1.54) is 7.11 Å². The number of carbonyl (C=O) groups is 2. The lowest BCUT2D eigenvalue weighted by Crippen LogP contribution is -2.38. The first-order valence-corrected chi connectivity index (χ1v) is 5.93. The Hall–Kier alpha value is -1.10. The van der Waals surface area contributed by atoms with Crippen molar-refractivity contribution in [3.8, 4) is 0 Å². The average Bonchev–Trinajstić information content (AvgIpc) is 2.22. The summed E-state index contributed by atoms with van der Waals surface area (Å²) in [5.74, 6) is -0.236. The van der Waals surface area contributed by atoms with E-state index in [-0.39, 0.29) is 17.4 Å². The van der Waals surface area contributed by atoms with Gasteiger partial charge in [-0.15, -0.1) is 0 Å². The molecule has 0 saturated heterocycles. The van der Waals surface area contributed by atoms with E-state index in [9.17, 15) is 9.59 Å². The van der Waals surface area contributed by atoms with Crippen molar-refractivity contribution in [2.75, 3.05) is 20.2 Å². The number of hydrogen-bond acceptors (Lipinski definition) is 4. The Morgan fingerprint density at radius 3 is 2.29 bits per heavy atom. The Morgan fingerprint density at radius 2 is 1.76 bits per heavy atom. The van der Waals surface area contributed by atoms with Crippen molar-refractivity contribution in [3.05, 3.63) is 0 Å². The maximum absolute atomic E-state index is 11.4. The number of nitrogens with one attached hydrogen (secondary N) is 2. The molecule has 0 bridgehead atoms. The molecule has 100 valence electrons. The van der Waals surface area contributed by atoms with Crippen LogP contribution < -0.4 is 10.6 Å². The van der Waals surface area contributed by atoms with E-state index in [0.717, 1.165) is 0 Å². The molecule has 0 spiro atoms. The molecule has 0 aromatic carbocycles. The molecule has 0 aliphatic rings. The van der Waals surface area contributed by atoms with E-state index < -0.39 is 0 Å². The minimum Gasteiger partial charge on any atom is -0.469 e. The third-order valence-electron chi connectivity index (χ3n) is 2.11. The van der Waals surface area contributed by atoms with Gasteiger partial charge in [0.2, 0.25) is 5.91 Å². The zero-order valence-corrected chi connectivity index (χ0v) is 11.3. The maximum Gasteiger partial charge on any atom is 0.305 e. The number of methoxy groups -OCH3 is 1. The summed E-state index contributed by atoms with van der Waals surface area (Å²) in [5, 5.41) is 6.00. The number of amides is 1. The van der Waals surface area contributed by atoms with Gasteiger partial charge in [-0.05, 0) is 27.2 Å². The Balaban J connectivity index is 3.44. The molecule has 0 aliphatic carbocycles. The highest BCUT2D eigenvalue weighted by atomic mass is 16.5.